The van der Waals surface area contributed by atoms with Crippen LogP contribution in [-0.4, -0.2) is 45.0 Å². The third-order valence-corrected chi connectivity index (χ3v) is 11.7. The lowest BCUT2D eigenvalue weighted by Crippen LogP contribution is -2.30. The van der Waals surface area contributed by atoms with Gasteiger partial charge in [-0.1, -0.05) is 59.6 Å². The summed E-state index contributed by atoms with van der Waals surface area (Å²) in [6.45, 7) is 3.24. The van der Waals surface area contributed by atoms with E-state index in [1.165, 1.54) is 25.5 Å². The molecule has 1 atom stereocenters. The molecule has 4 fully saturated rings. The van der Waals surface area contributed by atoms with Gasteiger partial charge in [-0.3, -0.25) is 4.79 Å². The minimum absolute atomic E-state index is 0.00524. The fraction of sp³-hybridized carbons (Fsp3) is 0.295. The zero-order valence-electron chi connectivity index (χ0n) is 30.7. The molecule has 3 N–H and O–H groups in total. The van der Waals surface area contributed by atoms with E-state index in [0.717, 1.165) is 53.5 Å². The van der Waals surface area contributed by atoms with Gasteiger partial charge in [0.15, 0.2) is 5.82 Å². The maximum Gasteiger partial charge on any atom is 0.254 e. The summed E-state index contributed by atoms with van der Waals surface area (Å²) in [6.07, 6.45) is 5.22. The highest BCUT2D eigenvalue weighted by Gasteiger charge is 2.35. The number of aromatic nitrogens is 2. The van der Waals surface area contributed by atoms with Crippen LogP contribution in [-0.2, 0) is 13.0 Å². The van der Waals surface area contributed by atoms with Crippen molar-refractivity contribution in [2.24, 2.45) is 5.92 Å². The van der Waals surface area contributed by atoms with E-state index < -0.39 is 24.1 Å². The zero-order valence-corrected chi connectivity index (χ0v) is 32.2. The number of pyridine rings is 1. The number of aromatic amines is 1. The minimum Gasteiger partial charge on any atom is -0.391 e. The summed E-state index contributed by atoms with van der Waals surface area (Å²) < 4.78 is 41.3. The Morgan fingerprint density at radius 3 is 2.36 bits per heavy atom. The summed E-state index contributed by atoms with van der Waals surface area (Å²) in [4.78, 5) is 23.5. The largest absolute Gasteiger partial charge is 0.391 e. The van der Waals surface area contributed by atoms with Crippen LogP contribution in [0.3, 0.4) is 0 Å². The molecule has 10 rings (SSSR count). The van der Waals surface area contributed by atoms with Crippen molar-refractivity contribution >= 4 is 50.9 Å². The van der Waals surface area contributed by atoms with Gasteiger partial charge in [0.1, 0.15) is 17.2 Å². The van der Waals surface area contributed by atoms with Crippen molar-refractivity contribution in [2.75, 3.05) is 13.1 Å². The molecule has 0 spiro atoms. The lowest BCUT2D eigenvalue weighted by molar-refractivity contribution is 0.0733. The molecule has 7 nitrogen and oxygen atoms in total. The van der Waals surface area contributed by atoms with Crippen molar-refractivity contribution < 1.29 is 23.1 Å². The Kier molecular flexibility index (Phi) is 12.0. The number of carbonyl (C=O) groups is 1. The van der Waals surface area contributed by atoms with Crippen molar-refractivity contribution in [3.05, 3.63) is 134 Å². The number of rotatable bonds is 6. The highest BCUT2D eigenvalue weighted by molar-refractivity contribution is 6.43. The predicted molar refractivity (Wildman–Crippen MR) is 214 cm³/mol. The van der Waals surface area contributed by atoms with Crippen molar-refractivity contribution in [2.45, 2.75) is 64.1 Å². The molecule has 1 aliphatic carbocycles. The van der Waals surface area contributed by atoms with Gasteiger partial charge in [-0.25, -0.2) is 18.2 Å². The molecule has 1 saturated carbocycles. The monoisotopic (exact) mass is 797 g/mol. The molecule has 5 heterocycles. The number of halogens is 5. The molecule has 2 aromatic heterocycles. The molecule has 1 unspecified atom stereocenters. The molecule has 2 bridgehead atoms. The van der Waals surface area contributed by atoms with Crippen LogP contribution in [0.2, 0.25) is 10.0 Å². The fourth-order valence-electron chi connectivity index (χ4n) is 7.91. The molecule has 3 saturated heterocycles. The van der Waals surface area contributed by atoms with Crippen molar-refractivity contribution in [1.29, 1.82) is 5.26 Å². The van der Waals surface area contributed by atoms with Gasteiger partial charge < -0.3 is 20.3 Å². The lowest BCUT2D eigenvalue weighted by Gasteiger charge is -2.24. The molecule has 0 radical (unpaired) electrons. The van der Waals surface area contributed by atoms with Crippen LogP contribution < -0.4 is 5.32 Å². The third kappa shape index (κ3) is 7.87. The van der Waals surface area contributed by atoms with Gasteiger partial charge in [0.2, 0.25) is 0 Å². The van der Waals surface area contributed by atoms with E-state index in [1.807, 2.05) is 54.3 Å². The van der Waals surface area contributed by atoms with E-state index in [2.05, 4.69) is 21.4 Å². The molecule has 4 aliphatic rings. The number of nitriles is 1. The third-order valence-electron chi connectivity index (χ3n) is 10.9. The van der Waals surface area contributed by atoms with Crippen LogP contribution in [0.25, 0.3) is 32.9 Å². The second-order valence-corrected chi connectivity index (χ2v) is 15.2. The SMILES string of the molecule is C1NC2CC1C2.Cc1nc2c(F)c(-c3cccc(Cl)c3Cl)c(CCC#N)cc2c2[nH]c(C3CCCN3C(=O)c3ccccc3)cc12.OCc1c(F)cccc1F. The van der Waals surface area contributed by atoms with E-state index in [1.54, 1.807) is 18.2 Å². The van der Waals surface area contributed by atoms with Crippen LogP contribution in [0.15, 0.2) is 78.9 Å². The Morgan fingerprint density at radius 1 is 1.00 bits per heavy atom. The summed E-state index contributed by atoms with van der Waals surface area (Å²) >= 11 is 12.8. The van der Waals surface area contributed by atoms with Gasteiger partial charge >= 0.3 is 0 Å². The van der Waals surface area contributed by atoms with Crippen LogP contribution in [0.4, 0.5) is 13.2 Å². The zero-order chi connectivity index (χ0) is 39.5. The standard InChI is InChI=1S/C32H25Cl2FN4O.C7H6F2O.C5H9N/c1-18-22-17-25(26-13-7-15-39(26)32(40)19-8-3-2-4-9-19)38-30(22)23-16-20(10-6-14-36)27(29(35)31(23)37-18)21-11-5-12-24(33)28(21)34;8-6-2-1-3-7(9)5(6)4-10;1-4-2-5(1)6-3-4/h2-5,8-9,11-12,16-17,26,38H,6-7,10,13,15H2,1H3;1-3,10H,4H2;4-6H,1-3H2. The number of hydrogen-bond donors (Lipinski definition) is 3. The quantitative estimate of drug-likeness (QED) is 0.156. The van der Waals surface area contributed by atoms with Crippen molar-refractivity contribution in [3.8, 4) is 17.2 Å². The number of aliphatic hydroxyl groups is 1. The maximum absolute atomic E-state index is 16.4. The second kappa shape index (κ2) is 17.1. The number of hydrogen-bond acceptors (Lipinski definition) is 5. The normalized spacial score (nSPS) is 18.2. The Hall–Kier alpha value is -4.92. The molecule has 288 valence electrons. The summed E-state index contributed by atoms with van der Waals surface area (Å²) in [5, 5.41) is 23.2. The number of carbonyl (C=O) groups excluding carboxylic acids is 1. The van der Waals surface area contributed by atoms with Crippen LogP contribution in [0.1, 0.15) is 71.0 Å². The summed E-state index contributed by atoms with van der Waals surface area (Å²) in [5.41, 5.74) is 4.36. The lowest BCUT2D eigenvalue weighted by atomic mass is 9.87. The second-order valence-electron chi connectivity index (χ2n) is 14.4. The topological polar surface area (TPSA) is 105 Å². The average Bonchev–Trinajstić information content (AvgIpc) is 4.02. The Bertz CT molecular complexity index is 2410. The van der Waals surface area contributed by atoms with Gasteiger partial charge in [0, 0.05) is 63.4 Å². The van der Waals surface area contributed by atoms with Crippen LogP contribution >= 0.6 is 23.2 Å². The number of benzene rings is 4. The van der Waals surface area contributed by atoms with Gasteiger partial charge in [-0.05, 0) is 99.5 Å². The molecule has 4 aromatic carbocycles. The number of fused-ring (bicyclic) bond motifs is 4. The van der Waals surface area contributed by atoms with Crippen molar-refractivity contribution in [3.63, 3.8) is 0 Å². The van der Waals surface area contributed by atoms with Crippen molar-refractivity contribution in [1.82, 2.24) is 20.2 Å². The number of amides is 1. The van der Waals surface area contributed by atoms with Gasteiger partial charge in [-0.2, -0.15) is 5.26 Å². The first-order valence-electron chi connectivity index (χ1n) is 18.7. The molecule has 56 heavy (non-hydrogen) atoms. The fourth-order valence-corrected chi connectivity index (χ4v) is 8.31. The van der Waals surface area contributed by atoms with Gasteiger partial charge in [0.25, 0.3) is 5.91 Å². The van der Waals surface area contributed by atoms with E-state index in [-0.39, 0.29) is 34.5 Å². The first-order chi connectivity index (χ1) is 27.1. The smallest absolute Gasteiger partial charge is 0.254 e. The number of aryl methyl sites for hydroxylation is 2. The highest BCUT2D eigenvalue weighted by atomic mass is 35.5. The van der Waals surface area contributed by atoms with Gasteiger partial charge in [0.05, 0.1) is 34.3 Å². The van der Waals surface area contributed by atoms with E-state index in [9.17, 15) is 18.8 Å². The summed E-state index contributed by atoms with van der Waals surface area (Å²) in [5.74, 6) is -0.841. The van der Waals surface area contributed by atoms with Crippen LogP contribution in [0, 0.1) is 41.6 Å². The Balaban J connectivity index is 0.000000246. The van der Waals surface area contributed by atoms with E-state index >= 15 is 4.39 Å². The number of nitrogens with one attached hydrogen (secondary N) is 2. The molecular formula is C44H40Cl2F3N5O2. The Labute approximate surface area is 333 Å². The summed E-state index contributed by atoms with van der Waals surface area (Å²) in [7, 11) is 0. The Morgan fingerprint density at radius 2 is 1.73 bits per heavy atom. The minimum atomic E-state index is -0.706. The summed E-state index contributed by atoms with van der Waals surface area (Å²) in [6, 6.07) is 24.8. The number of nitrogens with zero attached hydrogens (tertiary/aromatic N) is 3. The van der Waals surface area contributed by atoms with E-state index in [4.69, 9.17) is 28.3 Å². The molecule has 12 heteroatoms. The van der Waals surface area contributed by atoms with Gasteiger partial charge in [-0.15, -0.1) is 0 Å². The number of H-pyrrole nitrogens is 1. The first-order valence-corrected chi connectivity index (χ1v) is 19.4. The maximum atomic E-state index is 16.4. The molecule has 3 aliphatic heterocycles. The highest BCUT2D eigenvalue weighted by Crippen LogP contribution is 2.42. The van der Waals surface area contributed by atoms with E-state index in [0.29, 0.717) is 51.3 Å². The number of aliphatic hydroxyl groups excluding tert-OH is 1. The predicted octanol–water partition coefficient (Wildman–Crippen LogP) is 10.4. The first kappa shape index (κ1) is 39.3. The molecular weight excluding hydrogens is 758 g/mol. The molecule has 6 aromatic rings. The number of likely N-dealkylation sites (tertiary alicyclic amines) is 1. The van der Waals surface area contributed by atoms with Crippen LogP contribution in [0.5, 0.6) is 0 Å². The molecule has 1 amide bonds. The average molecular weight is 799 g/mol.